The van der Waals surface area contributed by atoms with Gasteiger partial charge in [-0.15, -0.1) is 0 Å². The summed E-state index contributed by atoms with van der Waals surface area (Å²) in [4.78, 5) is 3.79. The number of aliphatic imine (C=N–C) groups is 1. The Kier molecular flexibility index (Phi) is 5.42. The standard InChI is InChI=1S/C7H16N4/c1-4-10-5-7(9-2)6-11(3)8/h6,10H,2,4-5,8H2,1,3H3/b7-6-. The van der Waals surface area contributed by atoms with Gasteiger partial charge in [-0.25, -0.2) is 5.84 Å². The fraction of sp³-hybridized carbons (Fsp3) is 0.571. The van der Waals surface area contributed by atoms with Crippen molar-refractivity contribution in [2.75, 3.05) is 20.1 Å². The van der Waals surface area contributed by atoms with Crippen LogP contribution in [0.25, 0.3) is 0 Å². The van der Waals surface area contributed by atoms with E-state index in [1.807, 2.05) is 6.92 Å². The highest BCUT2D eigenvalue weighted by Crippen LogP contribution is 1.92. The highest BCUT2D eigenvalue weighted by molar-refractivity contribution is 5.29. The zero-order valence-electron chi connectivity index (χ0n) is 7.17. The predicted octanol–water partition coefficient (Wildman–Crippen LogP) is -0.0566. The van der Waals surface area contributed by atoms with Crippen molar-refractivity contribution in [1.29, 1.82) is 0 Å². The average Bonchev–Trinajstić information content (AvgIpc) is 1.97. The van der Waals surface area contributed by atoms with Crippen molar-refractivity contribution in [2.45, 2.75) is 6.92 Å². The normalized spacial score (nSPS) is 11.4. The summed E-state index contributed by atoms with van der Waals surface area (Å²) in [5.74, 6) is 5.38. The predicted molar refractivity (Wildman–Crippen MR) is 48.1 cm³/mol. The van der Waals surface area contributed by atoms with Gasteiger partial charge in [0, 0.05) is 19.8 Å². The molecule has 3 N–H and O–H groups in total. The van der Waals surface area contributed by atoms with E-state index in [1.54, 1.807) is 13.2 Å². The number of rotatable bonds is 5. The lowest BCUT2D eigenvalue weighted by Crippen LogP contribution is -2.22. The quantitative estimate of drug-likeness (QED) is 0.333. The van der Waals surface area contributed by atoms with Crippen LogP contribution >= 0.6 is 0 Å². The van der Waals surface area contributed by atoms with E-state index in [-0.39, 0.29) is 0 Å². The molecule has 0 saturated heterocycles. The van der Waals surface area contributed by atoms with Crippen LogP contribution < -0.4 is 11.2 Å². The van der Waals surface area contributed by atoms with Gasteiger partial charge in [-0.1, -0.05) is 6.92 Å². The fourth-order valence-electron chi connectivity index (χ4n) is 0.631. The van der Waals surface area contributed by atoms with E-state index in [0.717, 1.165) is 12.2 Å². The molecule has 0 atom stereocenters. The maximum atomic E-state index is 5.38. The van der Waals surface area contributed by atoms with Gasteiger partial charge < -0.3 is 10.3 Å². The zero-order valence-corrected chi connectivity index (χ0v) is 7.17. The summed E-state index contributed by atoms with van der Waals surface area (Å²) < 4.78 is 0. The first-order valence-electron chi connectivity index (χ1n) is 3.56. The monoisotopic (exact) mass is 156 g/mol. The molecule has 0 aliphatic heterocycles. The minimum absolute atomic E-state index is 0.710. The summed E-state index contributed by atoms with van der Waals surface area (Å²) in [6, 6.07) is 0. The Morgan fingerprint density at radius 2 is 2.45 bits per heavy atom. The van der Waals surface area contributed by atoms with Gasteiger partial charge in [0.2, 0.25) is 0 Å². The molecule has 64 valence electrons. The summed E-state index contributed by atoms with van der Waals surface area (Å²) in [5.41, 5.74) is 0.844. The SMILES string of the molecule is C=N/C(=C\N(C)N)CNCC. The van der Waals surface area contributed by atoms with Crippen LogP contribution in [-0.4, -0.2) is 31.9 Å². The van der Waals surface area contributed by atoms with Crippen LogP contribution in [0.15, 0.2) is 16.9 Å². The molecule has 0 saturated carbocycles. The molecule has 11 heavy (non-hydrogen) atoms. The molecule has 0 aromatic rings. The van der Waals surface area contributed by atoms with Gasteiger partial charge in [0.25, 0.3) is 0 Å². The maximum Gasteiger partial charge on any atom is 0.0707 e. The van der Waals surface area contributed by atoms with E-state index in [1.165, 1.54) is 5.01 Å². The van der Waals surface area contributed by atoms with Gasteiger partial charge in [-0.2, -0.15) is 0 Å². The second-order valence-corrected chi connectivity index (χ2v) is 2.22. The molecule has 0 aliphatic rings. The van der Waals surface area contributed by atoms with Crippen LogP contribution in [0.2, 0.25) is 0 Å². The van der Waals surface area contributed by atoms with Crippen molar-refractivity contribution in [3.63, 3.8) is 0 Å². The largest absolute Gasteiger partial charge is 0.319 e. The third-order valence-electron chi connectivity index (χ3n) is 1.11. The van der Waals surface area contributed by atoms with Crippen LogP contribution in [0, 0.1) is 0 Å². The van der Waals surface area contributed by atoms with E-state index in [2.05, 4.69) is 17.0 Å². The lowest BCUT2D eigenvalue weighted by molar-refractivity contribution is 0.477. The van der Waals surface area contributed by atoms with Gasteiger partial charge in [0.1, 0.15) is 0 Å². The number of hydrogen-bond donors (Lipinski definition) is 2. The van der Waals surface area contributed by atoms with Crippen LogP contribution in [0.1, 0.15) is 6.92 Å². The minimum Gasteiger partial charge on any atom is -0.319 e. The number of hydrazine groups is 1. The van der Waals surface area contributed by atoms with Gasteiger partial charge in [-0.3, -0.25) is 4.99 Å². The Morgan fingerprint density at radius 1 is 1.82 bits per heavy atom. The number of nitrogens with one attached hydrogen (secondary N) is 1. The molecule has 0 aromatic carbocycles. The van der Waals surface area contributed by atoms with Crippen molar-refractivity contribution >= 4 is 6.72 Å². The molecule has 0 aliphatic carbocycles. The van der Waals surface area contributed by atoms with E-state index in [4.69, 9.17) is 5.84 Å². The third-order valence-corrected chi connectivity index (χ3v) is 1.11. The van der Waals surface area contributed by atoms with Gasteiger partial charge in [0.05, 0.1) is 5.70 Å². The highest BCUT2D eigenvalue weighted by atomic mass is 15.4. The van der Waals surface area contributed by atoms with Gasteiger partial charge in [0.15, 0.2) is 0 Å². The summed E-state index contributed by atoms with van der Waals surface area (Å²) in [6.45, 7) is 7.09. The summed E-state index contributed by atoms with van der Waals surface area (Å²) in [7, 11) is 1.75. The molecular formula is C7H16N4. The van der Waals surface area contributed by atoms with Crippen LogP contribution in [-0.2, 0) is 0 Å². The Hall–Kier alpha value is -0.870. The number of likely N-dealkylation sites (N-methyl/N-ethyl adjacent to an activating group) is 1. The molecule has 0 radical (unpaired) electrons. The maximum absolute atomic E-state index is 5.38. The Morgan fingerprint density at radius 3 is 2.82 bits per heavy atom. The molecular weight excluding hydrogens is 140 g/mol. The molecule has 0 unspecified atom stereocenters. The van der Waals surface area contributed by atoms with Crippen LogP contribution in [0.3, 0.4) is 0 Å². The second-order valence-electron chi connectivity index (χ2n) is 2.22. The average molecular weight is 156 g/mol. The molecule has 0 fully saturated rings. The highest BCUT2D eigenvalue weighted by Gasteiger charge is 1.91. The zero-order chi connectivity index (χ0) is 8.69. The topological polar surface area (TPSA) is 53.6 Å². The molecule has 0 rings (SSSR count). The van der Waals surface area contributed by atoms with Crippen molar-refractivity contribution in [3.8, 4) is 0 Å². The Bertz CT molecular complexity index is 139. The first-order valence-corrected chi connectivity index (χ1v) is 3.56. The van der Waals surface area contributed by atoms with Crippen molar-refractivity contribution in [3.05, 3.63) is 11.9 Å². The second kappa shape index (κ2) is 5.88. The first-order chi connectivity index (χ1) is 5.20. The Labute approximate surface area is 67.8 Å². The van der Waals surface area contributed by atoms with Crippen molar-refractivity contribution in [1.82, 2.24) is 10.3 Å². The van der Waals surface area contributed by atoms with Gasteiger partial charge >= 0.3 is 0 Å². The first kappa shape index (κ1) is 10.1. The minimum atomic E-state index is 0.710. The lowest BCUT2D eigenvalue weighted by Gasteiger charge is -2.07. The van der Waals surface area contributed by atoms with E-state index < -0.39 is 0 Å². The Balaban J connectivity index is 3.84. The molecule has 0 aromatic heterocycles. The van der Waals surface area contributed by atoms with Crippen LogP contribution in [0.5, 0.6) is 0 Å². The van der Waals surface area contributed by atoms with E-state index in [0.29, 0.717) is 6.54 Å². The summed E-state index contributed by atoms with van der Waals surface area (Å²) >= 11 is 0. The molecule has 4 nitrogen and oxygen atoms in total. The summed E-state index contributed by atoms with van der Waals surface area (Å²) in [6.07, 6.45) is 1.73. The fourth-order valence-corrected chi connectivity index (χ4v) is 0.631. The molecule has 4 heteroatoms. The van der Waals surface area contributed by atoms with E-state index in [9.17, 15) is 0 Å². The number of nitrogens with zero attached hydrogens (tertiary/aromatic N) is 2. The van der Waals surface area contributed by atoms with Crippen molar-refractivity contribution in [2.24, 2.45) is 10.8 Å². The van der Waals surface area contributed by atoms with Crippen molar-refractivity contribution < 1.29 is 0 Å². The third kappa shape index (κ3) is 5.57. The molecule has 0 spiro atoms. The molecule has 0 amide bonds. The van der Waals surface area contributed by atoms with E-state index >= 15 is 0 Å². The molecule has 0 bridgehead atoms. The van der Waals surface area contributed by atoms with Gasteiger partial charge in [-0.05, 0) is 13.3 Å². The lowest BCUT2D eigenvalue weighted by atomic mass is 10.4. The van der Waals surface area contributed by atoms with Crippen LogP contribution in [0.4, 0.5) is 0 Å². The number of nitrogens with two attached hydrogens (primary N) is 1. The summed E-state index contributed by atoms with van der Waals surface area (Å²) in [5, 5.41) is 4.58. The smallest absolute Gasteiger partial charge is 0.0707 e. The number of hydrogen-bond acceptors (Lipinski definition) is 4. The molecule has 0 heterocycles.